The van der Waals surface area contributed by atoms with Crippen LogP contribution in [-0.4, -0.2) is 102 Å². The SMILES string of the molecule is CC(C)(C)C(=O)OCOP(=O)(C/C=C/Cn1cnc2c(=O)[nH]c(N)nc21)OCOC(=O)C(C)(C)C.CC(C)(C)C(=O)OCOP(=O)(C/C=C/Cn1cnc2c(Cl)nc(N)nc21)OCOC(=O)C(C)(C)C. The molecule has 0 saturated carbocycles. The molecule has 0 aliphatic heterocycles. The van der Waals surface area contributed by atoms with Gasteiger partial charge in [0, 0.05) is 13.1 Å². The van der Waals surface area contributed by atoms with E-state index in [0.717, 1.165) is 0 Å². The Kier molecular flexibility index (Phi) is 20.6. The van der Waals surface area contributed by atoms with Gasteiger partial charge in [0.05, 0.1) is 46.6 Å². The van der Waals surface area contributed by atoms with E-state index >= 15 is 0 Å². The average molecular weight is 1050 g/mol. The van der Waals surface area contributed by atoms with Crippen molar-refractivity contribution in [1.29, 1.82) is 0 Å². The van der Waals surface area contributed by atoms with Gasteiger partial charge in [-0.2, -0.15) is 15.0 Å². The van der Waals surface area contributed by atoms with Gasteiger partial charge in [-0.05, 0) is 83.1 Å². The van der Waals surface area contributed by atoms with Gasteiger partial charge < -0.3 is 39.5 Å². The molecule has 4 aromatic rings. The number of ether oxygens (including phenoxy) is 4. The first kappa shape index (κ1) is 58.8. The van der Waals surface area contributed by atoms with Crippen molar-refractivity contribution < 1.29 is 65.4 Å². The molecular weight excluding hydrogens is 982 g/mol. The second kappa shape index (κ2) is 24.5. The maximum Gasteiger partial charge on any atom is 0.340 e. The zero-order chi connectivity index (χ0) is 52.9. The molecule has 0 saturated heterocycles. The highest BCUT2D eigenvalue weighted by molar-refractivity contribution is 7.54. The molecule has 4 aromatic heterocycles. The molecule has 4 rings (SSSR count). The number of allylic oxidation sites excluding steroid dienone is 4. The van der Waals surface area contributed by atoms with Crippen molar-refractivity contribution in [2.45, 2.75) is 96.2 Å². The van der Waals surface area contributed by atoms with Gasteiger partial charge in [-0.1, -0.05) is 35.9 Å². The van der Waals surface area contributed by atoms with E-state index in [1.165, 1.54) is 18.7 Å². The quantitative estimate of drug-likeness (QED) is 0.0212. The molecule has 0 bridgehead atoms. The lowest BCUT2D eigenvalue weighted by Crippen LogP contribution is -2.25. The van der Waals surface area contributed by atoms with E-state index in [0.29, 0.717) is 17.7 Å². The standard InChI is InChI=1S/C21H31ClN5O7P.C21H32N5O8P/c1-20(2,3)17(28)31-12-33-35(30,34-13-32-18(29)21(4,5)6)10-8-7-9-27-11-24-14-15(22)25-19(23)26-16(14)27;1-20(2,3)17(28)31-12-33-35(30,34-13-32-18(29)21(4,5)6)10-8-7-9-26-11-23-14-15(26)24-19(22)25-16(14)27/h7-8,11H,9-10,12-13H2,1-6H3,(H2,23,25,26);7-8,11H,9-10,12-13H2,1-6H3,(H3,22,24,25,27)/b2*8-7+. The van der Waals surface area contributed by atoms with Gasteiger partial charge >= 0.3 is 39.1 Å². The molecule has 70 heavy (non-hydrogen) atoms. The summed E-state index contributed by atoms with van der Waals surface area (Å²) in [6.07, 6.45) is 8.90. The van der Waals surface area contributed by atoms with E-state index in [9.17, 15) is 33.1 Å². The molecule has 0 fully saturated rings. The van der Waals surface area contributed by atoms with Crippen molar-refractivity contribution >= 4 is 84.9 Å². The number of esters is 4. The van der Waals surface area contributed by atoms with Gasteiger partial charge in [0.1, 0.15) is 5.52 Å². The maximum absolute atomic E-state index is 13.2. The van der Waals surface area contributed by atoms with E-state index in [4.69, 9.17) is 60.1 Å². The van der Waals surface area contributed by atoms with E-state index in [1.54, 1.807) is 110 Å². The number of halogens is 1. The van der Waals surface area contributed by atoms with Gasteiger partial charge in [0.15, 0.2) is 22.0 Å². The van der Waals surface area contributed by atoms with Crippen molar-refractivity contribution in [3.8, 4) is 0 Å². The largest absolute Gasteiger partial charge is 0.438 e. The second-order valence-electron chi connectivity index (χ2n) is 19.2. The Hall–Kier alpha value is -5.55. The molecule has 28 heteroatoms. The van der Waals surface area contributed by atoms with Crippen LogP contribution in [0.2, 0.25) is 5.15 Å². The summed E-state index contributed by atoms with van der Waals surface area (Å²) in [5, 5.41) is 0.135. The number of nitrogens with two attached hydrogens (primary N) is 2. The average Bonchev–Trinajstić information content (AvgIpc) is 3.84. The van der Waals surface area contributed by atoms with Crippen LogP contribution >= 0.6 is 26.8 Å². The fourth-order valence-corrected chi connectivity index (χ4v) is 7.20. The monoisotopic (exact) mass is 1040 g/mol. The minimum atomic E-state index is -3.86. The van der Waals surface area contributed by atoms with E-state index < -0.39 is 93.5 Å². The predicted octanol–water partition coefficient (Wildman–Crippen LogP) is 6.52. The van der Waals surface area contributed by atoms with Crippen molar-refractivity contribution in [3.63, 3.8) is 0 Å². The van der Waals surface area contributed by atoms with Crippen molar-refractivity contribution in [2.24, 2.45) is 21.7 Å². The van der Waals surface area contributed by atoms with Crippen LogP contribution in [0.5, 0.6) is 0 Å². The number of H-pyrrole nitrogens is 1. The molecule has 0 spiro atoms. The van der Waals surface area contributed by atoms with Gasteiger partial charge in [-0.25, -0.2) is 9.97 Å². The zero-order valence-electron chi connectivity index (χ0n) is 41.3. The number of anilines is 2. The first-order valence-corrected chi connectivity index (χ1v) is 25.2. The third-order valence-corrected chi connectivity index (χ3v) is 12.3. The summed E-state index contributed by atoms with van der Waals surface area (Å²) in [6, 6.07) is 0. The molecule has 0 radical (unpaired) electrons. The lowest BCUT2D eigenvalue weighted by atomic mass is 9.98. The summed E-state index contributed by atoms with van der Waals surface area (Å²) in [6.45, 7) is 18.1. The molecule has 0 atom stereocenters. The number of hydrogen-bond acceptors (Lipinski definition) is 22. The first-order chi connectivity index (χ1) is 32.2. The number of aromatic amines is 1. The Morgan fingerprint density at radius 1 is 0.586 bits per heavy atom. The number of nitrogen functional groups attached to an aromatic ring is 2. The summed E-state index contributed by atoms with van der Waals surface area (Å²) in [5.74, 6) is -2.21. The highest BCUT2D eigenvalue weighted by Crippen LogP contribution is 2.49. The minimum Gasteiger partial charge on any atom is -0.438 e. The Labute approximate surface area is 409 Å². The summed E-state index contributed by atoms with van der Waals surface area (Å²) >= 11 is 6.03. The van der Waals surface area contributed by atoms with Crippen LogP contribution in [0.3, 0.4) is 0 Å². The van der Waals surface area contributed by atoms with Gasteiger partial charge in [-0.3, -0.25) is 56.2 Å². The van der Waals surface area contributed by atoms with E-state index in [2.05, 4.69) is 29.9 Å². The lowest BCUT2D eigenvalue weighted by molar-refractivity contribution is -0.163. The molecular formula is C42H63ClN10O15P2. The maximum atomic E-state index is 13.2. The van der Waals surface area contributed by atoms with E-state index in [1.807, 2.05) is 0 Å². The number of nitrogens with zero attached hydrogens (tertiary/aromatic N) is 7. The fraction of sp³-hybridized carbons (Fsp3) is 0.571. The molecule has 0 unspecified atom stereocenters. The Balaban J connectivity index is 0.000000370. The normalized spacial score (nSPS) is 12.9. The van der Waals surface area contributed by atoms with Crippen molar-refractivity contribution in [3.05, 3.63) is 52.5 Å². The topological polar surface area (TPSA) is 335 Å². The fourth-order valence-electron chi connectivity index (χ4n) is 4.74. The summed E-state index contributed by atoms with van der Waals surface area (Å²) in [5.41, 5.74) is 8.94. The lowest BCUT2D eigenvalue weighted by Gasteiger charge is -2.21. The van der Waals surface area contributed by atoms with E-state index in [-0.39, 0.29) is 47.1 Å². The first-order valence-electron chi connectivity index (χ1n) is 21.3. The van der Waals surface area contributed by atoms with Gasteiger partial charge in [0.2, 0.25) is 39.1 Å². The Morgan fingerprint density at radius 3 is 1.29 bits per heavy atom. The summed E-state index contributed by atoms with van der Waals surface area (Å²) in [4.78, 5) is 82.3. The third kappa shape index (κ3) is 18.6. The number of carbonyl (C=O) groups excluding carboxylic acids is 4. The van der Waals surface area contributed by atoms with Crippen LogP contribution in [0.25, 0.3) is 22.3 Å². The summed E-state index contributed by atoms with van der Waals surface area (Å²) in [7, 11) is -7.70. The molecule has 0 aromatic carbocycles. The molecule has 4 heterocycles. The molecule has 0 aliphatic rings. The van der Waals surface area contributed by atoms with Crippen LogP contribution < -0.4 is 17.0 Å². The summed E-state index contributed by atoms with van der Waals surface area (Å²) < 4.78 is 70.7. The number of aromatic nitrogens is 8. The number of hydrogen-bond donors (Lipinski definition) is 3. The van der Waals surface area contributed by atoms with Crippen molar-refractivity contribution in [1.82, 2.24) is 39.0 Å². The molecule has 0 aliphatic carbocycles. The number of rotatable bonds is 20. The van der Waals surface area contributed by atoms with Crippen LogP contribution in [0, 0.1) is 21.7 Å². The van der Waals surface area contributed by atoms with Gasteiger partial charge in [-0.15, -0.1) is 0 Å². The molecule has 388 valence electrons. The molecule has 25 nitrogen and oxygen atoms in total. The third-order valence-electron chi connectivity index (χ3n) is 8.73. The number of fused-ring (bicyclic) bond motifs is 2. The number of imidazole rings is 2. The number of nitrogens with one attached hydrogen (secondary N) is 1. The van der Waals surface area contributed by atoms with Gasteiger partial charge in [0.25, 0.3) is 5.56 Å². The van der Waals surface area contributed by atoms with Crippen molar-refractivity contribution in [2.75, 3.05) is 51.0 Å². The second-order valence-corrected chi connectivity index (χ2v) is 23.8. The smallest absolute Gasteiger partial charge is 0.340 e. The van der Waals surface area contributed by atoms with Crippen LogP contribution in [0.15, 0.2) is 41.8 Å². The Bertz CT molecular complexity index is 2620. The zero-order valence-corrected chi connectivity index (χ0v) is 43.8. The molecule has 0 amide bonds. The Morgan fingerprint density at radius 2 is 0.929 bits per heavy atom. The van der Waals surface area contributed by atoms with Crippen LogP contribution in [0.1, 0.15) is 83.1 Å². The molecule has 5 N–H and O–H groups in total. The highest BCUT2D eigenvalue weighted by atomic mass is 35.5. The predicted molar refractivity (Wildman–Crippen MR) is 257 cm³/mol. The van der Waals surface area contributed by atoms with Crippen LogP contribution in [0.4, 0.5) is 11.9 Å². The van der Waals surface area contributed by atoms with Crippen LogP contribution in [-0.2, 0) is 78.4 Å². The highest BCUT2D eigenvalue weighted by Gasteiger charge is 2.31. The number of carbonyl (C=O) groups is 4. The minimum absolute atomic E-state index is 0.00846.